The summed E-state index contributed by atoms with van der Waals surface area (Å²) in [6.45, 7) is 5.81. The molecule has 6 nitrogen and oxygen atoms in total. The van der Waals surface area contributed by atoms with Crippen molar-refractivity contribution in [3.8, 4) is 10.7 Å². The van der Waals surface area contributed by atoms with Crippen molar-refractivity contribution >= 4 is 29.0 Å². The molecule has 120 valence electrons. The molecule has 1 atom stereocenters. The molecule has 2 heterocycles. The van der Waals surface area contributed by atoms with Crippen molar-refractivity contribution in [1.82, 2.24) is 20.5 Å². The van der Waals surface area contributed by atoms with Crippen LogP contribution in [0.3, 0.4) is 0 Å². The largest absolute Gasteiger partial charge is 0.382 e. The summed E-state index contributed by atoms with van der Waals surface area (Å²) in [5.41, 5.74) is 0. The smallest absolute Gasteiger partial charge is 0.233 e. The number of hydrogen-bond acceptors (Lipinski definition) is 6. The molecule has 22 heavy (non-hydrogen) atoms. The van der Waals surface area contributed by atoms with Gasteiger partial charge in [-0.1, -0.05) is 17.8 Å². The Kier molecular flexibility index (Phi) is 6.88. The highest BCUT2D eigenvalue weighted by atomic mass is 32.2. The van der Waals surface area contributed by atoms with Crippen LogP contribution in [0, 0.1) is 0 Å². The van der Waals surface area contributed by atoms with Gasteiger partial charge in [-0.3, -0.25) is 9.89 Å². The minimum atomic E-state index is -0.237. The minimum Gasteiger partial charge on any atom is -0.382 e. The van der Waals surface area contributed by atoms with Crippen molar-refractivity contribution in [1.29, 1.82) is 0 Å². The van der Waals surface area contributed by atoms with Crippen LogP contribution in [0.25, 0.3) is 10.7 Å². The first-order chi connectivity index (χ1) is 10.7. The van der Waals surface area contributed by atoms with Crippen molar-refractivity contribution in [2.75, 3.05) is 19.8 Å². The maximum absolute atomic E-state index is 12.0. The van der Waals surface area contributed by atoms with E-state index in [2.05, 4.69) is 20.5 Å². The van der Waals surface area contributed by atoms with E-state index in [1.807, 2.05) is 31.4 Å². The molecular formula is C14H20N4O2S2. The van der Waals surface area contributed by atoms with Gasteiger partial charge in [0.1, 0.15) is 0 Å². The number of hydrogen-bond donors (Lipinski definition) is 2. The van der Waals surface area contributed by atoms with Crippen LogP contribution in [-0.2, 0) is 9.53 Å². The fraction of sp³-hybridized carbons (Fsp3) is 0.500. The lowest BCUT2D eigenvalue weighted by atomic mass is 10.4. The van der Waals surface area contributed by atoms with Gasteiger partial charge in [-0.05, 0) is 31.7 Å². The number of carbonyl (C=O) groups is 1. The normalized spacial score (nSPS) is 12.3. The lowest BCUT2D eigenvalue weighted by Crippen LogP contribution is -2.32. The predicted molar refractivity (Wildman–Crippen MR) is 89.1 cm³/mol. The van der Waals surface area contributed by atoms with Gasteiger partial charge in [0.15, 0.2) is 5.82 Å². The van der Waals surface area contributed by atoms with E-state index in [1.54, 1.807) is 11.3 Å². The van der Waals surface area contributed by atoms with E-state index in [1.165, 1.54) is 11.8 Å². The summed E-state index contributed by atoms with van der Waals surface area (Å²) in [4.78, 5) is 17.4. The first-order valence-electron chi connectivity index (χ1n) is 7.19. The van der Waals surface area contributed by atoms with E-state index in [9.17, 15) is 4.79 Å². The number of carbonyl (C=O) groups excluding carboxylic acids is 1. The molecular weight excluding hydrogens is 320 g/mol. The number of amides is 1. The van der Waals surface area contributed by atoms with Crippen molar-refractivity contribution in [3.63, 3.8) is 0 Å². The SMILES string of the molecule is CCOCCCNC(=O)C(C)Sc1n[nH]c(-c2cccs2)n1. The van der Waals surface area contributed by atoms with E-state index < -0.39 is 0 Å². The first kappa shape index (κ1) is 17.0. The summed E-state index contributed by atoms with van der Waals surface area (Å²) >= 11 is 2.94. The van der Waals surface area contributed by atoms with Gasteiger partial charge in [-0.25, -0.2) is 4.98 Å². The zero-order valence-electron chi connectivity index (χ0n) is 12.7. The summed E-state index contributed by atoms with van der Waals surface area (Å²) in [6, 6.07) is 3.95. The van der Waals surface area contributed by atoms with Crippen LogP contribution in [0.4, 0.5) is 0 Å². The molecule has 0 aliphatic carbocycles. The summed E-state index contributed by atoms with van der Waals surface area (Å²) in [5, 5.41) is 12.3. The average molecular weight is 340 g/mol. The van der Waals surface area contributed by atoms with Gasteiger partial charge in [0.05, 0.1) is 10.1 Å². The summed E-state index contributed by atoms with van der Waals surface area (Å²) in [7, 11) is 0. The minimum absolute atomic E-state index is 0.0102. The van der Waals surface area contributed by atoms with Crippen LogP contribution in [0.5, 0.6) is 0 Å². The van der Waals surface area contributed by atoms with Crippen LogP contribution < -0.4 is 5.32 Å². The van der Waals surface area contributed by atoms with E-state index in [0.717, 1.165) is 17.1 Å². The third-order valence-electron chi connectivity index (χ3n) is 2.84. The number of thiophene rings is 1. The van der Waals surface area contributed by atoms with Gasteiger partial charge < -0.3 is 10.1 Å². The maximum Gasteiger partial charge on any atom is 0.233 e. The molecule has 0 bridgehead atoms. The molecule has 0 radical (unpaired) electrons. The lowest BCUT2D eigenvalue weighted by molar-refractivity contribution is -0.120. The van der Waals surface area contributed by atoms with Crippen LogP contribution in [0.1, 0.15) is 20.3 Å². The number of rotatable bonds is 9. The van der Waals surface area contributed by atoms with Gasteiger partial charge in [-0.2, -0.15) is 0 Å². The number of thioether (sulfide) groups is 1. The van der Waals surface area contributed by atoms with Gasteiger partial charge in [0.25, 0.3) is 0 Å². The number of nitrogens with zero attached hydrogens (tertiary/aromatic N) is 2. The highest BCUT2D eigenvalue weighted by Gasteiger charge is 2.17. The predicted octanol–water partition coefficient (Wildman–Crippen LogP) is 2.56. The zero-order chi connectivity index (χ0) is 15.8. The number of aromatic amines is 1. The first-order valence-corrected chi connectivity index (χ1v) is 8.95. The van der Waals surface area contributed by atoms with Gasteiger partial charge in [0, 0.05) is 19.8 Å². The highest BCUT2D eigenvalue weighted by Crippen LogP contribution is 2.25. The molecule has 2 aromatic rings. The Morgan fingerprint density at radius 2 is 2.45 bits per heavy atom. The molecule has 0 saturated heterocycles. The monoisotopic (exact) mass is 340 g/mol. The molecule has 0 fully saturated rings. The van der Waals surface area contributed by atoms with Crippen LogP contribution in [0.2, 0.25) is 0 Å². The molecule has 0 saturated carbocycles. The molecule has 0 aromatic carbocycles. The zero-order valence-corrected chi connectivity index (χ0v) is 14.3. The van der Waals surface area contributed by atoms with Gasteiger partial charge >= 0.3 is 0 Å². The maximum atomic E-state index is 12.0. The van der Waals surface area contributed by atoms with Crippen LogP contribution >= 0.6 is 23.1 Å². The summed E-state index contributed by atoms with van der Waals surface area (Å²) < 4.78 is 5.23. The Morgan fingerprint density at radius 1 is 1.59 bits per heavy atom. The Hall–Kier alpha value is -1.38. The van der Waals surface area contributed by atoms with Crippen LogP contribution in [-0.4, -0.2) is 46.1 Å². The third-order valence-corrected chi connectivity index (χ3v) is 4.68. The molecule has 8 heteroatoms. The number of ether oxygens (including phenoxy) is 1. The van der Waals surface area contributed by atoms with E-state index in [0.29, 0.717) is 24.9 Å². The van der Waals surface area contributed by atoms with E-state index >= 15 is 0 Å². The standard InChI is InChI=1S/C14H20N4O2S2/c1-3-20-8-5-7-15-13(19)10(2)22-14-16-12(17-18-14)11-6-4-9-21-11/h4,6,9-10H,3,5,7-8H2,1-2H3,(H,15,19)(H,16,17,18). The lowest BCUT2D eigenvalue weighted by Gasteiger charge is -2.09. The molecule has 1 amide bonds. The molecule has 2 N–H and O–H groups in total. The summed E-state index contributed by atoms with van der Waals surface area (Å²) in [5.74, 6) is 0.728. The van der Waals surface area contributed by atoms with Crippen molar-refractivity contribution in [2.24, 2.45) is 0 Å². The van der Waals surface area contributed by atoms with E-state index in [4.69, 9.17) is 4.74 Å². The van der Waals surface area contributed by atoms with Gasteiger partial charge in [-0.15, -0.1) is 16.4 Å². The Balaban J connectivity index is 1.76. The number of aromatic nitrogens is 3. The van der Waals surface area contributed by atoms with Gasteiger partial charge in [0.2, 0.25) is 11.1 Å². The Bertz CT molecular complexity index is 571. The Labute approximate surface area is 138 Å². The van der Waals surface area contributed by atoms with Crippen molar-refractivity contribution < 1.29 is 9.53 Å². The third kappa shape index (κ3) is 5.11. The second-order valence-electron chi connectivity index (χ2n) is 4.55. The van der Waals surface area contributed by atoms with Crippen molar-refractivity contribution in [2.45, 2.75) is 30.7 Å². The fourth-order valence-electron chi connectivity index (χ4n) is 1.71. The quantitative estimate of drug-likeness (QED) is 0.542. The molecule has 0 spiro atoms. The molecule has 2 aromatic heterocycles. The number of H-pyrrole nitrogens is 1. The van der Waals surface area contributed by atoms with Crippen LogP contribution in [0.15, 0.2) is 22.7 Å². The molecule has 0 aliphatic heterocycles. The van der Waals surface area contributed by atoms with Crippen molar-refractivity contribution in [3.05, 3.63) is 17.5 Å². The summed E-state index contributed by atoms with van der Waals surface area (Å²) in [6.07, 6.45) is 0.820. The molecule has 2 rings (SSSR count). The highest BCUT2D eigenvalue weighted by molar-refractivity contribution is 8.00. The topological polar surface area (TPSA) is 79.9 Å². The second kappa shape index (κ2) is 8.92. The second-order valence-corrected chi connectivity index (χ2v) is 6.80. The fourth-order valence-corrected chi connectivity index (χ4v) is 3.12. The number of nitrogens with one attached hydrogen (secondary N) is 2. The van der Waals surface area contributed by atoms with E-state index in [-0.39, 0.29) is 11.2 Å². The molecule has 1 unspecified atom stereocenters. The average Bonchev–Trinajstić information content (AvgIpc) is 3.17. The Morgan fingerprint density at radius 3 is 3.18 bits per heavy atom. The molecule has 0 aliphatic rings.